The first kappa shape index (κ1) is 18.5. The Balaban J connectivity index is 2.15. The molecule has 0 saturated carbocycles. The van der Waals surface area contributed by atoms with E-state index < -0.39 is 5.91 Å². The molecule has 26 heavy (non-hydrogen) atoms. The first-order valence-corrected chi connectivity index (χ1v) is 9.44. The molecule has 1 aromatic heterocycles. The number of thiophene rings is 1. The molecule has 3 rings (SSSR count). The van der Waals surface area contributed by atoms with Gasteiger partial charge in [0.15, 0.2) is 0 Å². The van der Waals surface area contributed by atoms with Gasteiger partial charge in [-0.15, -0.1) is 11.3 Å². The van der Waals surface area contributed by atoms with Crippen molar-refractivity contribution in [3.05, 3.63) is 45.3 Å². The van der Waals surface area contributed by atoms with E-state index in [2.05, 4.69) is 31.3 Å². The number of fused-ring (bicyclic) bond motifs is 2. The van der Waals surface area contributed by atoms with Crippen LogP contribution in [0.3, 0.4) is 0 Å². The molecule has 0 aliphatic heterocycles. The minimum Gasteiger partial charge on any atom is -0.497 e. The van der Waals surface area contributed by atoms with Gasteiger partial charge in [-0.05, 0) is 47.1 Å². The summed E-state index contributed by atoms with van der Waals surface area (Å²) in [5.41, 5.74) is 9.50. The van der Waals surface area contributed by atoms with Crippen LogP contribution in [0.5, 0.6) is 5.75 Å². The van der Waals surface area contributed by atoms with Crippen LogP contribution >= 0.6 is 11.3 Å². The Morgan fingerprint density at radius 3 is 2.65 bits per heavy atom. The number of primary amides is 1. The number of nitrogens with two attached hydrogens (primary N) is 1. The maximum absolute atomic E-state index is 12.1. The Hall–Kier alpha value is -2.34. The highest BCUT2D eigenvalue weighted by molar-refractivity contribution is 7.17. The largest absolute Gasteiger partial charge is 0.497 e. The van der Waals surface area contributed by atoms with E-state index in [0.717, 1.165) is 29.0 Å². The highest BCUT2D eigenvalue weighted by Gasteiger charge is 2.31. The molecule has 1 aromatic carbocycles. The van der Waals surface area contributed by atoms with Gasteiger partial charge in [-0.1, -0.05) is 19.9 Å². The van der Waals surface area contributed by atoms with Crippen LogP contribution in [0.1, 0.15) is 59.1 Å². The van der Waals surface area contributed by atoms with Crippen molar-refractivity contribution in [1.29, 1.82) is 0 Å². The molecule has 2 aromatic rings. The van der Waals surface area contributed by atoms with E-state index in [1.807, 2.05) is 6.07 Å². The Morgan fingerprint density at radius 2 is 2.04 bits per heavy atom. The molecule has 0 bridgehead atoms. The molecule has 2 amide bonds. The molecule has 1 aliphatic carbocycles. The zero-order valence-corrected chi connectivity index (χ0v) is 16.4. The van der Waals surface area contributed by atoms with Gasteiger partial charge in [-0.2, -0.15) is 0 Å². The normalized spacial score (nSPS) is 15.2. The number of hydrogen-bond acceptors (Lipinski definition) is 4. The monoisotopic (exact) mass is 372 g/mol. The molecule has 0 saturated heterocycles. The topological polar surface area (TPSA) is 81.4 Å². The predicted octanol–water partition coefficient (Wildman–Crippen LogP) is 3.63. The number of hydrogen-bond donors (Lipinski definition) is 2. The van der Waals surface area contributed by atoms with Gasteiger partial charge in [0.05, 0.1) is 12.7 Å². The first-order chi connectivity index (χ1) is 12.2. The third-order valence-corrected chi connectivity index (χ3v) is 6.17. The van der Waals surface area contributed by atoms with Gasteiger partial charge in [0.25, 0.3) is 5.91 Å². The number of methoxy groups -OCH3 is 1. The van der Waals surface area contributed by atoms with Crippen molar-refractivity contribution in [1.82, 2.24) is 0 Å². The fourth-order valence-electron chi connectivity index (χ4n) is 3.64. The molecule has 0 atom stereocenters. The maximum Gasteiger partial charge on any atom is 0.251 e. The number of carbonyl (C=O) groups is 2. The highest BCUT2D eigenvalue weighted by atomic mass is 32.1. The lowest BCUT2D eigenvalue weighted by Gasteiger charge is -2.30. The molecule has 6 heteroatoms. The number of benzene rings is 1. The predicted molar refractivity (Wildman–Crippen MR) is 104 cm³/mol. The molecule has 1 heterocycles. The Morgan fingerprint density at radius 1 is 1.31 bits per heavy atom. The molecule has 3 N–H and O–H groups in total. The third-order valence-electron chi connectivity index (χ3n) is 5.02. The minimum absolute atomic E-state index is 0.0629. The summed E-state index contributed by atoms with van der Waals surface area (Å²) in [5.74, 6) is 0.160. The maximum atomic E-state index is 12.1. The lowest BCUT2D eigenvalue weighted by Crippen LogP contribution is -2.24. The average molecular weight is 372 g/mol. The summed E-state index contributed by atoms with van der Waals surface area (Å²) in [5, 5.41) is 3.33. The first-order valence-electron chi connectivity index (χ1n) is 8.62. The smallest absolute Gasteiger partial charge is 0.251 e. The quantitative estimate of drug-likeness (QED) is 0.863. The number of carbonyl (C=O) groups excluding carboxylic acids is 2. The lowest BCUT2D eigenvalue weighted by atomic mass is 9.74. The summed E-state index contributed by atoms with van der Waals surface area (Å²) in [6, 6.07) is 6.16. The summed E-state index contributed by atoms with van der Waals surface area (Å²) in [4.78, 5) is 24.7. The third kappa shape index (κ3) is 3.33. The van der Waals surface area contributed by atoms with E-state index in [1.165, 1.54) is 29.4 Å². The fourth-order valence-corrected chi connectivity index (χ4v) is 4.96. The minimum atomic E-state index is -0.486. The van der Waals surface area contributed by atoms with Crippen LogP contribution in [-0.4, -0.2) is 18.9 Å². The van der Waals surface area contributed by atoms with Crippen molar-refractivity contribution < 1.29 is 14.3 Å². The van der Waals surface area contributed by atoms with E-state index in [9.17, 15) is 9.59 Å². The zero-order chi connectivity index (χ0) is 19.1. The van der Waals surface area contributed by atoms with Crippen molar-refractivity contribution in [2.24, 2.45) is 5.73 Å². The van der Waals surface area contributed by atoms with Gasteiger partial charge < -0.3 is 15.8 Å². The number of rotatable bonds is 3. The van der Waals surface area contributed by atoms with Crippen LogP contribution in [0.15, 0.2) is 18.2 Å². The second-order valence-corrected chi connectivity index (χ2v) is 8.44. The van der Waals surface area contributed by atoms with Crippen LogP contribution < -0.4 is 15.8 Å². The van der Waals surface area contributed by atoms with Crippen molar-refractivity contribution in [2.45, 2.75) is 45.4 Å². The van der Waals surface area contributed by atoms with Gasteiger partial charge in [0, 0.05) is 18.2 Å². The van der Waals surface area contributed by atoms with Crippen molar-refractivity contribution >= 4 is 28.2 Å². The molecular formula is C20H24N2O3S. The zero-order valence-electron chi connectivity index (χ0n) is 15.6. The molecule has 0 radical (unpaired) electrons. The van der Waals surface area contributed by atoms with Gasteiger partial charge in [-0.25, -0.2) is 0 Å². The van der Waals surface area contributed by atoms with E-state index in [-0.39, 0.29) is 11.3 Å². The number of anilines is 1. The van der Waals surface area contributed by atoms with Gasteiger partial charge in [0.2, 0.25) is 5.91 Å². The lowest BCUT2D eigenvalue weighted by molar-refractivity contribution is -0.114. The molecule has 0 fully saturated rings. The summed E-state index contributed by atoms with van der Waals surface area (Å²) in [6.07, 6.45) is 2.33. The van der Waals surface area contributed by atoms with Crippen molar-refractivity contribution in [3.8, 4) is 5.75 Å². The number of ether oxygens (including phenoxy) is 1. The molecule has 1 aliphatic rings. The molecule has 0 spiro atoms. The SMILES string of the molecule is COc1ccc2c(c1)C(C)(C)CCc1c(sc(NC(C)=O)c1C(N)=O)C2. The molecule has 0 unspecified atom stereocenters. The summed E-state index contributed by atoms with van der Waals surface area (Å²) in [6.45, 7) is 5.86. The average Bonchev–Trinajstić information content (AvgIpc) is 2.88. The van der Waals surface area contributed by atoms with Crippen LogP contribution in [0.4, 0.5) is 5.00 Å². The number of amides is 2. The highest BCUT2D eigenvalue weighted by Crippen LogP contribution is 2.42. The summed E-state index contributed by atoms with van der Waals surface area (Å²) >= 11 is 1.45. The standard InChI is InChI=1S/C20H24N2O3S/c1-11(23)22-19-17(18(21)24)14-7-8-20(2,3)15-10-13(25-4)6-5-12(15)9-16(14)26-19/h5-6,10H,7-9H2,1-4H3,(H2,21,24)(H,22,23). The summed E-state index contributed by atoms with van der Waals surface area (Å²) < 4.78 is 5.41. The van der Waals surface area contributed by atoms with Crippen LogP contribution in [0.2, 0.25) is 0 Å². The Kier molecular flexibility index (Phi) is 4.80. The van der Waals surface area contributed by atoms with Crippen LogP contribution in [0, 0.1) is 0 Å². The van der Waals surface area contributed by atoms with E-state index >= 15 is 0 Å². The van der Waals surface area contributed by atoms with Crippen molar-refractivity contribution in [3.63, 3.8) is 0 Å². The second-order valence-electron chi connectivity index (χ2n) is 7.34. The molecule has 5 nitrogen and oxygen atoms in total. The molecular weight excluding hydrogens is 348 g/mol. The Bertz CT molecular complexity index is 883. The fraction of sp³-hybridized carbons (Fsp3) is 0.400. The Labute approximate surface area is 157 Å². The van der Waals surface area contributed by atoms with Crippen LogP contribution in [0.25, 0.3) is 0 Å². The van der Waals surface area contributed by atoms with E-state index in [1.54, 1.807) is 7.11 Å². The van der Waals surface area contributed by atoms with E-state index in [0.29, 0.717) is 17.0 Å². The summed E-state index contributed by atoms with van der Waals surface area (Å²) in [7, 11) is 1.67. The second kappa shape index (κ2) is 6.76. The van der Waals surface area contributed by atoms with Gasteiger partial charge in [-0.3, -0.25) is 9.59 Å². The van der Waals surface area contributed by atoms with Crippen LogP contribution in [-0.2, 0) is 23.1 Å². The van der Waals surface area contributed by atoms with Gasteiger partial charge >= 0.3 is 0 Å². The van der Waals surface area contributed by atoms with E-state index in [4.69, 9.17) is 10.5 Å². The number of nitrogens with one attached hydrogen (secondary N) is 1. The van der Waals surface area contributed by atoms with Gasteiger partial charge in [0.1, 0.15) is 10.8 Å². The molecule has 138 valence electrons. The van der Waals surface area contributed by atoms with Crippen molar-refractivity contribution in [2.75, 3.05) is 12.4 Å².